The zero-order valence-corrected chi connectivity index (χ0v) is 14.0. The number of unbranched alkanes of at least 4 members (excludes halogenated alkanes) is 2. The van der Waals surface area contributed by atoms with Crippen LogP contribution in [-0.2, 0) is 9.53 Å². The first-order chi connectivity index (χ1) is 10.6. The van der Waals surface area contributed by atoms with E-state index in [9.17, 15) is 4.79 Å². The zero-order chi connectivity index (χ0) is 15.9. The molecule has 1 N–H and O–H groups in total. The average molecular weight is 327 g/mol. The Kier molecular flexibility index (Phi) is 6.97. The van der Waals surface area contributed by atoms with Gasteiger partial charge in [0.2, 0.25) is 0 Å². The molecule has 1 saturated heterocycles. The molecule has 0 unspecified atom stereocenters. The minimum atomic E-state index is -0.705. The third kappa shape index (κ3) is 4.60. The molecule has 124 valence electrons. The molecular formula is C18H27ClO3. The topological polar surface area (TPSA) is 46.5 Å². The summed E-state index contributed by atoms with van der Waals surface area (Å²) in [4.78, 5) is 10.4. The van der Waals surface area contributed by atoms with Gasteiger partial charge in [-0.05, 0) is 44.4 Å². The molecular weight excluding hydrogens is 300 g/mol. The van der Waals surface area contributed by atoms with E-state index in [1.54, 1.807) is 0 Å². The van der Waals surface area contributed by atoms with Crippen molar-refractivity contribution in [1.29, 1.82) is 0 Å². The summed E-state index contributed by atoms with van der Waals surface area (Å²) in [7, 11) is 0. The van der Waals surface area contributed by atoms with Crippen LogP contribution in [0.25, 0.3) is 0 Å². The molecule has 5 atom stereocenters. The molecule has 1 heterocycles. The molecule has 3 nitrogen and oxygen atoms in total. The van der Waals surface area contributed by atoms with Crippen molar-refractivity contribution in [1.82, 2.24) is 0 Å². The molecule has 0 spiro atoms. The molecule has 4 heteroatoms. The van der Waals surface area contributed by atoms with Gasteiger partial charge >= 0.3 is 5.97 Å². The fourth-order valence-corrected chi connectivity index (χ4v) is 4.07. The number of carboxylic acid groups (broad SMARTS) is 1. The van der Waals surface area contributed by atoms with Gasteiger partial charge in [-0.25, -0.2) is 0 Å². The Bertz CT molecular complexity index is 419. The highest BCUT2D eigenvalue weighted by atomic mass is 35.5. The van der Waals surface area contributed by atoms with Crippen LogP contribution in [0.5, 0.6) is 0 Å². The summed E-state index contributed by atoms with van der Waals surface area (Å²) < 4.78 is 6.03. The summed E-state index contributed by atoms with van der Waals surface area (Å²) in [6.07, 6.45) is 15.4. The van der Waals surface area contributed by atoms with E-state index in [2.05, 4.69) is 31.2 Å². The Labute approximate surface area is 138 Å². The average Bonchev–Trinajstić information content (AvgIpc) is 2.98. The van der Waals surface area contributed by atoms with E-state index in [1.165, 1.54) is 0 Å². The molecule has 0 aromatic heterocycles. The summed E-state index contributed by atoms with van der Waals surface area (Å²) in [6, 6.07) is 0. The van der Waals surface area contributed by atoms with E-state index in [0.717, 1.165) is 38.5 Å². The molecule has 2 bridgehead atoms. The normalized spacial score (nSPS) is 34.2. The lowest BCUT2D eigenvalue weighted by Crippen LogP contribution is -2.27. The van der Waals surface area contributed by atoms with Crippen molar-refractivity contribution in [3.05, 3.63) is 24.3 Å². The van der Waals surface area contributed by atoms with E-state index in [0.29, 0.717) is 17.9 Å². The van der Waals surface area contributed by atoms with Crippen LogP contribution in [0.4, 0.5) is 0 Å². The van der Waals surface area contributed by atoms with Crippen molar-refractivity contribution in [3.8, 4) is 0 Å². The monoisotopic (exact) mass is 326 g/mol. The second kappa shape index (κ2) is 8.73. The number of alkyl halides is 1. The maximum atomic E-state index is 10.4. The Balaban J connectivity index is 1.65. The number of fused-ring (bicyclic) bond motifs is 2. The van der Waals surface area contributed by atoms with Gasteiger partial charge in [-0.15, -0.1) is 11.6 Å². The Morgan fingerprint density at radius 1 is 1.32 bits per heavy atom. The first-order valence-electron chi connectivity index (χ1n) is 8.46. The largest absolute Gasteiger partial charge is 0.481 e. The number of carbonyl (C=O) groups is 1. The molecule has 0 aromatic rings. The van der Waals surface area contributed by atoms with E-state index < -0.39 is 5.97 Å². The van der Waals surface area contributed by atoms with Crippen LogP contribution in [0.2, 0.25) is 0 Å². The van der Waals surface area contributed by atoms with Crippen molar-refractivity contribution in [2.24, 2.45) is 11.8 Å². The van der Waals surface area contributed by atoms with Crippen LogP contribution in [0.3, 0.4) is 0 Å². The molecule has 0 amide bonds. The number of rotatable bonds is 9. The second-order valence-corrected chi connectivity index (χ2v) is 6.88. The third-order valence-electron chi connectivity index (χ3n) is 4.75. The van der Waals surface area contributed by atoms with Crippen LogP contribution in [0.15, 0.2) is 24.3 Å². The van der Waals surface area contributed by atoms with Crippen LogP contribution in [0, 0.1) is 11.8 Å². The summed E-state index contributed by atoms with van der Waals surface area (Å²) in [5.41, 5.74) is 0. The maximum Gasteiger partial charge on any atom is 0.303 e. The summed E-state index contributed by atoms with van der Waals surface area (Å²) in [6.45, 7) is 2.18. The predicted molar refractivity (Wildman–Crippen MR) is 89.2 cm³/mol. The number of hydrogen-bond acceptors (Lipinski definition) is 2. The number of aliphatic carboxylic acids is 1. The number of ether oxygens (including phenoxy) is 1. The first kappa shape index (κ1) is 17.6. The van der Waals surface area contributed by atoms with Crippen LogP contribution in [0.1, 0.15) is 51.9 Å². The number of hydrogen-bond donors (Lipinski definition) is 1. The van der Waals surface area contributed by atoms with Gasteiger partial charge in [0.05, 0.1) is 17.6 Å². The quantitative estimate of drug-likeness (QED) is 0.384. The minimum absolute atomic E-state index is 0.173. The fraction of sp³-hybridized carbons (Fsp3) is 0.722. The van der Waals surface area contributed by atoms with E-state index >= 15 is 0 Å². The highest BCUT2D eigenvalue weighted by molar-refractivity contribution is 6.21. The van der Waals surface area contributed by atoms with Crippen molar-refractivity contribution < 1.29 is 14.6 Å². The molecule has 0 radical (unpaired) electrons. The second-order valence-electron chi connectivity index (χ2n) is 6.32. The Hall–Kier alpha value is -0.800. The predicted octanol–water partition coefficient (Wildman–Crippen LogP) is 4.55. The van der Waals surface area contributed by atoms with Crippen LogP contribution < -0.4 is 0 Å². The fourth-order valence-electron chi connectivity index (χ4n) is 3.63. The molecule has 1 aliphatic heterocycles. The van der Waals surface area contributed by atoms with Gasteiger partial charge in [0, 0.05) is 12.3 Å². The third-order valence-corrected chi connectivity index (χ3v) is 5.17. The molecule has 2 fully saturated rings. The lowest BCUT2D eigenvalue weighted by Gasteiger charge is -2.23. The van der Waals surface area contributed by atoms with Crippen LogP contribution >= 0.6 is 11.6 Å². The highest BCUT2D eigenvalue weighted by Gasteiger charge is 2.52. The number of carboxylic acids is 1. The van der Waals surface area contributed by atoms with Gasteiger partial charge in [0.15, 0.2) is 0 Å². The lowest BCUT2D eigenvalue weighted by atomic mass is 9.91. The minimum Gasteiger partial charge on any atom is -0.481 e. The molecule has 1 aliphatic carbocycles. The van der Waals surface area contributed by atoms with Crippen molar-refractivity contribution in [2.75, 3.05) is 0 Å². The molecule has 22 heavy (non-hydrogen) atoms. The molecule has 1 saturated carbocycles. The lowest BCUT2D eigenvalue weighted by molar-refractivity contribution is -0.137. The maximum absolute atomic E-state index is 10.4. The smallest absolute Gasteiger partial charge is 0.303 e. The highest BCUT2D eigenvalue weighted by Crippen LogP contribution is 2.48. The van der Waals surface area contributed by atoms with Gasteiger partial charge in [0.1, 0.15) is 0 Å². The molecule has 2 rings (SSSR count). The molecule has 2 aliphatic rings. The Morgan fingerprint density at radius 3 is 2.86 bits per heavy atom. The molecule has 0 aromatic carbocycles. The van der Waals surface area contributed by atoms with Gasteiger partial charge in [0.25, 0.3) is 0 Å². The standard InChI is InChI=1S/C18H27ClO3/c1-2-16-14-12-15(19)18(22-16)13(14)10-8-6-4-3-5-7-9-11-17(20)21/h3-4,8,10,13-16,18H,2,5-7,9,11-12H2,1H3,(H,20,21)/b4-3-,10-8-/t13-,14+,15+,16+,18+/m0/s1. The van der Waals surface area contributed by atoms with E-state index in [1.807, 2.05) is 0 Å². The van der Waals surface area contributed by atoms with Crippen molar-refractivity contribution in [3.63, 3.8) is 0 Å². The summed E-state index contributed by atoms with van der Waals surface area (Å²) >= 11 is 6.34. The van der Waals surface area contributed by atoms with Gasteiger partial charge < -0.3 is 9.84 Å². The first-order valence-corrected chi connectivity index (χ1v) is 8.90. The van der Waals surface area contributed by atoms with Crippen molar-refractivity contribution >= 4 is 17.6 Å². The van der Waals surface area contributed by atoms with Crippen LogP contribution in [-0.4, -0.2) is 28.7 Å². The van der Waals surface area contributed by atoms with Gasteiger partial charge in [-0.1, -0.05) is 31.2 Å². The summed E-state index contributed by atoms with van der Waals surface area (Å²) in [5.74, 6) is 0.369. The van der Waals surface area contributed by atoms with E-state index in [-0.39, 0.29) is 17.9 Å². The van der Waals surface area contributed by atoms with Crippen molar-refractivity contribution in [2.45, 2.75) is 69.5 Å². The summed E-state index contributed by atoms with van der Waals surface area (Å²) in [5, 5.41) is 8.72. The van der Waals surface area contributed by atoms with Gasteiger partial charge in [-0.2, -0.15) is 0 Å². The van der Waals surface area contributed by atoms with E-state index in [4.69, 9.17) is 21.4 Å². The SMILES string of the molecule is CC[C@H]1O[C@@H]2[C@@H](/C=C\C/C=C\CCCCC(=O)O)[C@H]1C[C@H]2Cl. The Morgan fingerprint density at radius 2 is 2.14 bits per heavy atom. The number of allylic oxidation sites excluding steroid dienone is 3. The van der Waals surface area contributed by atoms with Gasteiger partial charge in [-0.3, -0.25) is 4.79 Å². The zero-order valence-electron chi connectivity index (χ0n) is 13.3. The number of halogens is 1.